The lowest BCUT2D eigenvalue weighted by Crippen LogP contribution is -2.39. The highest BCUT2D eigenvalue weighted by atomic mass is 19.1. The van der Waals surface area contributed by atoms with E-state index in [1.165, 1.54) is 12.1 Å². The number of nitrogens with zero attached hydrogens (tertiary/aromatic N) is 1. The molecule has 96 valence electrons. The molecule has 1 aliphatic heterocycles. The molecule has 0 fully saturated rings. The maximum atomic E-state index is 13.8. The fourth-order valence-corrected chi connectivity index (χ4v) is 1.77. The number of fused-ring (bicyclic) bond motifs is 1. The maximum Gasteiger partial charge on any atom is 0.421 e. The van der Waals surface area contributed by atoms with Crippen LogP contribution in [0.5, 0.6) is 0 Å². The number of halogens is 1. The van der Waals surface area contributed by atoms with Crippen molar-refractivity contribution in [3.63, 3.8) is 0 Å². The average Bonchev–Trinajstić information content (AvgIpc) is 2.50. The summed E-state index contributed by atoms with van der Waals surface area (Å²) in [4.78, 5) is 24.4. The molecule has 18 heavy (non-hydrogen) atoms. The summed E-state index contributed by atoms with van der Waals surface area (Å²) in [5, 5.41) is 0. The molecule has 1 unspecified atom stereocenters. The zero-order chi connectivity index (χ0) is 13.5. The molecule has 2 amide bonds. The maximum absolute atomic E-state index is 13.8. The second-order valence-electron chi connectivity index (χ2n) is 5.08. The molecular weight excluding hydrogens is 237 g/mol. The van der Waals surface area contributed by atoms with Gasteiger partial charge in [-0.1, -0.05) is 18.2 Å². The van der Waals surface area contributed by atoms with Gasteiger partial charge in [-0.25, -0.2) is 14.1 Å². The average molecular weight is 251 g/mol. The van der Waals surface area contributed by atoms with Gasteiger partial charge in [0.15, 0.2) is 0 Å². The molecule has 0 aliphatic carbocycles. The minimum absolute atomic E-state index is 0.202. The molecule has 0 N–H and O–H groups in total. The number of rotatable bonds is 0. The van der Waals surface area contributed by atoms with E-state index in [4.69, 9.17) is 4.74 Å². The first-order chi connectivity index (χ1) is 8.31. The van der Waals surface area contributed by atoms with Crippen molar-refractivity contribution < 1.29 is 18.7 Å². The first-order valence-electron chi connectivity index (χ1n) is 5.61. The summed E-state index contributed by atoms with van der Waals surface area (Å²) in [5.74, 6) is -0.898. The quantitative estimate of drug-likeness (QED) is 0.712. The summed E-state index contributed by atoms with van der Waals surface area (Å²) >= 11 is 0. The van der Waals surface area contributed by atoms with Crippen molar-refractivity contribution in [3.8, 4) is 0 Å². The Morgan fingerprint density at radius 3 is 2.56 bits per heavy atom. The van der Waals surface area contributed by atoms with Crippen molar-refractivity contribution in [1.82, 2.24) is 0 Å². The Balaban J connectivity index is 2.35. The predicted molar refractivity (Wildman–Crippen MR) is 64.0 cm³/mol. The van der Waals surface area contributed by atoms with E-state index in [1.807, 2.05) is 0 Å². The molecule has 2 rings (SSSR count). The van der Waals surface area contributed by atoms with Crippen LogP contribution in [-0.4, -0.2) is 17.6 Å². The van der Waals surface area contributed by atoms with Crippen molar-refractivity contribution in [2.45, 2.75) is 32.5 Å². The number of hydrogen-bond acceptors (Lipinski definition) is 3. The Kier molecular flexibility index (Phi) is 2.84. The van der Waals surface area contributed by atoms with E-state index >= 15 is 0 Å². The van der Waals surface area contributed by atoms with Crippen molar-refractivity contribution in [2.24, 2.45) is 0 Å². The first kappa shape index (κ1) is 12.5. The molecule has 5 heteroatoms. The number of alkyl halides is 1. The van der Waals surface area contributed by atoms with Gasteiger partial charge in [-0.15, -0.1) is 0 Å². The number of imide groups is 1. The Hall–Kier alpha value is -1.91. The van der Waals surface area contributed by atoms with E-state index in [-0.39, 0.29) is 11.3 Å². The standard InChI is InChI=1S/C13H14FNO3/c1-13(2,3)18-12(17)15-9-7-5-4-6-8(9)10(14)11(15)16/h4-7,10H,1-3H3. The third-order valence-electron chi connectivity index (χ3n) is 2.46. The van der Waals surface area contributed by atoms with Crippen LogP contribution in [0.25, 0.3) is 0 Å². The Morgan fingerprint density at radius 2 is 1.94 bits per heavy atom. The predicted octanol–water partition coefficient (Wildman–Crippen LogP) is 2.98. The highest BCUT2D eigenvalue weighted by molar-refractivity contribution is 6.18. The molecule has 1 aliphatic rings. The van der Waals surface area contributed by atoms with Gasteiger partial charge in [0, 0.05) is 5.56 Å². The fourth-order valence-electron chi connectivity index (χ4n) is 1.77. The van der Waals surface area contributed by atoms with Gasteiger partial charge in [-0.2, -0.15) is 0 Å². The number of para-hydroxylation sites is 1. The number of carbonyl (C=O) groups excluding carboxylic acids is 2. The molecule has 0 spiro atoms. The van der Waals surface area contributed by atoms with Gasteiger partial charge in [-0.3, -0.25) is 4.79 Å². The number of amides is 2. The number of anilines is 1. The molecule has 0 saturated carbocycles. The fraction of sp³-hybridized carbons (Fsp3) is 0.385. The van der Waals surface area contributed by atoms with Crippen molar-refractivity contribution in [1.29, 1.82) is 0 Å². The van der Waals surface area contributed by atoms with E-state index in [1.54, 1.807) is 32.9 Å². The zero-order valence-electron chi connectivity index (χ0n) is 10.4. The molecule has 4 nitrogen and oxygen atoms in total. The molecule has 0 saturated heterocycles. The first-order valence-corrected chi connectivity index (χ1v) is 5.61. The van der Waals surface area contributed by atoms with Gasteiger partial charge in [0.25, 0.3) is 5.91 Å². The topological polar surface area (TPSA) is 46.6 Å². The SMILES string of the molecule is CC(C)(C)OC(=O)N1C(=O)C(F)c2ccccc21. The summed E-state index contributed by atoms with van der Waals surface area (Å²) in [6.45, 7) is 5.05. The van der Waals surface area contributed by atoms with Gasteiger partial charge >= 0.3 is 6.09 Å². The normalized spacial score (nSPS) is 18.8. The summed E-state index contributed by atoms with van der Waals surface area (Å²) in [5.41, 5.74) is -0.279. The van der Waals surface area contributed by atoms with E-state index < -0.39 is 23.8 Å². The van der Waals surface area contributed by atoms with Crippen LogP contribution in [0.4, 0.5) is 14.9 Å². The van der Waals surface area contributed by atoms with Crippen LogP contribution in [0.1, 0.15) is 32.5 Å². The lowest BCUT2D eigenvalue weighted by Gasteiger charge is -2.23. The van der Waals surface area contributed by atoms with Gasteiger partial charge in [0.2, 0.25) is 6.17 Å². The summed E-state index contributed by atoms with van der Waals surface area (Å²) in [7, 11) is 0. The summed E-state index contributed by atoms with van der Waals surface area (Å²) in [6.07, 6.45) is -2.64. The van der Waals surface area contributed by atoms with Crippen molar-refractivity contribution in [2.75, 3.05) is 4.90 Å². The van der Waals surface area contributed by atoms with E-state index in [9.17, 15) is 14.0 Å². The molecule has 0 radical (unpaired) electrons. The van der Waals surface area contributed by atoms with Gasteiger partial charge < -0.3 is 4.74 Å². The smallest absolute Gasteiger partial charge is 0.421 e. The second kappa shape index (κ2) is 4.08. The Morgan fingerprint density at radius 1 is 1.33 bits per heavy atom. The Labute approximate surface area is 104 Å². The van der Waals surface area contributed by atoms with Gasteiger partial charge in [0.1, 0.15) is 5.60 Å². The molecule has 0 aromatic heterocycles. The Bertz CT molecular complexity index is 507. The summed E-state index contributed by atoms with van der Waals surface area (Å²) < 4.78 is 18.9. The van der Waals surface area contributed by atoms with Gasteiger partial charge in [-0.05, 0) is 26.8 Å². The monoisotopic (exact) mass is 251 g/mol. The van der Waals surface area contributed by atoms with E-state index in [0.29, 0.717) is 0 Å². The van der Waals surface area contributed by atoms with Crippen molar-refractivity contribution in [3.05, 3.63) is 29.8 Å². The molecule has 1 aromatic carbocycles. The number of hydrogen-bond donors (Lipinski definition) is 0. The van der Waals surface area contributed by atoms with Crippen LogP contribution >= 0.6 is 0 Å². The third kappa shape index (κ3) is 2.08. The molecule has 1 heterocycles. The molecule has 1 aromatic rings. The molecule has 1 atom stereocenters. The highest BCUT2D eigenvalue weighted by Crippen LogP contribution is 2.38. The lowest BCUT2D eigenvalue weighted by atomic mass is 10.1. The van der Waals surface area contributed by atoms with E-state index in [0.717, 1.165) is 4.90 Å². The minimum atomic E-state index is -1.80. The molecule has 0 bridgehead atoms. The zero-order valence-corrected chi connectivity index (χ0v) is 10.4. The lowest BCUT2D eigenvalue weighted by molar-refractivity contribution is -0.122. The number of carbonyl (C=O) groups is 2. The van der Waals surface area contributed by atoms with Crippen LogP contribution in [0, 0.1) is 0 Å². The van der Waals surface area contributed by atoms with Crippen LogP contribution in [0.2, 0.25) is 0 Å². The number of benzene rings is 1. The van der Waals surface area contributed by atoms with Gasteiger partial charge in [0.05, 0.1) is 5.69 Å². The third-order valence-corrected chi connectivity index (χ3v) is 2.46. The van der Waals surface area contributed by atoms with Crippen LogP contribution in [0.3, 0.4) is 0 Å². The highest BCUT2D eigenvalue weighted by Gasteiger charge is 2.42. The second-order valence-corrected chi connectivity index (χ2v) is 5.08. The van der Waals surface area contributed by atoms with E-state index in [2.05, 4.69) is 0 Å². The molecular formula is C13H14FNO3. The van der Waals surface area contributed by atoms with Crippen LogP contribution < -0.4 is 4.90 Å². The minimum Gasteiger partial charge on any atom is -0.443 e. The van der Waals surface area contributed by atoms with Crippen LogP contribution in [0.15, 0.2) is 24.3 Å². The largest absolute Gasteiger partial charge is 0.443 e. The number of ether oxygens (including phenoxy) is 1. The van der Waals surface area contributed by atoms with Crippen molar-refractivity contribution >= 4 is 17.7 Å². The van der Waals surface area contributed by atoms with Crippen LogP contribution in [-0.2, 0) is 9.53 Å². The summed E-state index contributed by atoms with van der Waals surface area (Å²) in [6, 6.07) is 6.28.